The summed E-state index contributed by atoms with van der Waals surface area (Å²) in [5.41, 5.74) is 0. The molecular formula is C13H23N3O4. The van der Waals surface area contributed by atoms with Crippen molar-refractivity contribution in [2.45, 2.75) is 12.8 Å². The van der Waals surface area contributed by atoms with Crippen LogP contribution in [0.15, 0.2) is 0 Å². The molecule has 2 aliphatic rings. The van der Waals surface area contributed by atoms with Gasteiger partial charge in [0.15, 0.2) is 0 Å². The lowest BCUT2D eigenvalue weighted by Crippen LogP contribution is -2.55. The predicted octanol–water partition coefficient (Wildman–Crippen LogP) is -0.487. The molecule has 0 atom stereocenters. The number of β-amino-alcohol motifs (C(OH)–C–C–N with tert-alkyl or cyclic N) is 1. The van der Waals surface area contributed by atoms with Crippen molar-refractivity contribution in [2.24, 2.45) is 5.92 Å². The van der Waals surface area contributed by atoms with Gasteiger partial charge in [0.1, 0.15) is 0 Å². The molecule has 2 heterocycles. The second-order valence-electron chi connectivity index (χ2n) is 5.56. The van der Waals surface area contributed by atoms with Gasteiger partial charge in [-0.15, -0.1) is 0 Å². The van der Waals surface area contributed by atoms with E-state index in [1.165, 1.54) is 0 Å². The summed E-state index contributed by atoms with van der Waals surface area (Å²) in [7, 11) is 0. The molecule has 0 bridgehead atoms. The molecule has 0 aromatic heterocycles. The van der Waals surface area contributed by atoms with E-state index in [0.29, 0.717) is 26.2 Å². The number of nitrogens with zero attached hydrogens (tertiary/aromatic N) is 3. The molecule has 2 fully saturated rings. The first kappa shape index (κ1) is 15.1. The van der Waals surface area contributed by atoms with E-state index in [9.17, 15) is 9.59 Å². The molecule has 0 saturated carbocycles. The van der Waals surface area contributed by atoms with E-state index < -0.39 is 5.97 Å². The Morgan fingerprint density at radius 1 is 1.05 bits per heavy atom. The maximum absolute atomic E-state index is 12.3. The Balaban J connectivity index is 1.75. The van der Waals surface area contributed by atoms with Crippen molar-refractivity contribution >= 4 is 12.0 Å². The van der Waals surface area contributed by atoms with E-state index in [4.69, 9.17) is 10.2 Å². The lowest BCUT2D eigenvalue weighted by Gasteiger charge is -2.41. The first-order valence-corrected chi connectivity index (χ1v) is 7.19. The number of urea groups is 1. The maximum Gasteiger partial charge on any atom is 0.320 e. The quantitative estimate of drug-likeness (QED) is 0.728. The van der Waals surface area contributed by atoms with Gasteiger partial charge < -0.3 is 20.0 Å². The smallest absolute Gasteiger partial charge is 0.320 e. The number of rotatable bonds is 4. The maximum atomic E-state index is 12.3. The monoisotopic (exact) mass is 285 g/mol. The molecule has 0 unspecified atom stereocenters. The van der Waals surface area contributed by atoms with Crippen LogP contribution in [0.3, 0.4) is 0 Å². The van der Waals surface area contributed by atoms with E-state index in [1.54, 1.807) is 4.90 Å². The Morgan fingerprint density at radius 2 is 1.80 bits per heavy atom. The van der Waals surface area contributed by atoms with Crippen LogP contribution in [0.5, 0.6) is 0 Å². The van der Waals surface area contributed by atoms with Gasteiger partial charge in [0.25, 0.3) is 0 Å². The fraction of sp³-hybridized carbons (Fsp3) is 0.846. The van der Waals surface area contributed by atoms with Gasteiger partial charge in [0, 0.05) is 45.2 Å². The zero-order valence-corrected chi connectivity index (χ0v) is 11.7. The molecule has 2 amide bonds. The zero-order valence-electron chi connectivity index (χ0n) is 11.7. The fourth-order valence-electron chi connectivity index (χ4n) is 2.83. The zero-order chi connectivity index (χ0) is 14.5. The van der Waals surface area contributed by atoms with E-state index in [1.807, 2.05) is 4.90 Å². The fourth-order valence-corrected chi connectivity index (χ4v) is 2.83. The number of carboxylic acid groups (broad SMARTS) is 1. The van der Waals surface area contributed by atoms with E-state index in [2.05, 4.69) is 4.90 Å². The largest absolute Gasteiger partial charge is 0.481 e. The minimum atomic E-state index is -0.795. The van der Waals surface area contributed by atoms with Crippen molar-refractivity contribution in [2.75, 3.05) is 52.4 Å². The molecule has 7 nitrogen and oxygen atoms in total. The third-order valence-corrected chi connectivity index (χ3v) is 3.97. The van der Waals surface area contributed by atoms with Crippen molar-refractivity contribution in [1.82, 2.24) is 14.7 Å². The highest BCUT2D eigenvalue weighted by atomic mass is 16.4. The van der Waals surface area contributed by atoms with Crippen LogP contribution >= 0.6 is 0 Å². The predicted molar refractivity (Wildman–Crippen MR) is 72.4 cm³/mol. The number of hydrogen-bond acceptors (Lipinski definition) is 4. The summed E-state index contributed by atoms with van der Waals surface area (Å²) in [5, 5.41) is 17.6. The third-order valence-electron chi connectivity index (χ3n) is 3.97. The molecular weight excluding hydrogens is 262 g/mol. The number of carbonyl (C=O) groups is 2. The summed E-state index contributed by atoms with van der Waals surface area (Å²) in [4.78, 5) is 28.6. The van der Waals surface area contributed by atoms with Gasteiger partial charge in [0.2, 0.25) is 0 Å². The molecule has 7 heteroatoms. The molecule has 0 aromatic carbocycles. The van der Waals surface area contributed by atoms with Gasteiger partial charge >= 0.3 is 12.0 Å². The minimum Gasteiger partial charge on any atom is -0.481 e. The minimum absolute atomic E-state index is 0.0255. The summed E-state index contributed by atoms with van der Waals surface area (Å²) in [5.74, 6) is -0.689. The van der Waals surface area contributed by atoms with Gasteiger partial charge in [-0.1, -0.05) is 0 Å². The van der Waals surface area contributed by atoms with Crippen molar-refractivity contribution in [3.05, 3.63) is 0 Å². The van der Waals surface area contributed by atoms with Crippen molar-refractivity contribution in [3.63, 3.8) is 0 Å². The number of carboxylic acids is 1. The molecule has 2 rings (SSSR count). The van der Waals surface area contributed by atoms with Crippen molar-refractivity contribution < 1.29 is 19.8 Å². The molecule has 0 aromatic rings. The average molecular weight is 285 g/mol. The average Bonchev–Trinajstić information content (AvgIpc) is 2.58. The summed E-state index contributed by atoms with van der Waals surface area (Å²) in [6.07, 6.45) is 1.06. The Kier molecular flexibility index (Phi) is 5.19. The first-order valence-electron chi connectivity index (χ1n) is 7.19. The number of aliphatic hydroxyl groups excluding tert-OH is 1. The summed E-state index contributed by atoms with van der Waals surface area (Å²) in [6, 6.07) is 0.0255. The molecule has 20 heavy (non-hydrogen) atoms. The van der Waals surface area contributed by atoms with E-state index >= 15 is 0 Å². The number of carbonyl (C=O) groups excluding carboxylic acids is 1. The number of likely N-dealkylation sites (tertiary alicyclic amines) is 1. The summed E-state index contributed by atoms with van der Waals surface area (Å²) in [6.45, 7) is 5.04. The van der Waals surface area contributed by atoms with Gasteiger partial charge in [0.05, 0.1) is 13.0 Å². The molecule has 2 saturated heterocycles. The van der Waals surface area contributed by atoms with E-state index in [0.717, 1.165) is 26.1 Å². The van der Waals surface area contributed by atoms with Gasteiger partial charge in [-0.2, -0.15) is 0 Å². The lowest BCUT2D eigenvalue weighted by atomic mass is 9.97. The van der Waals surface area contributed by atoms with Crippen molar-refractivity contribution in [3.8, 4) is 0 Å². The standard InChI is InChI=1S/C13H23N3O4/c17-7-6-14-2-1-3-15(5-4-14)13(20)16-9-11(10-16)8-12(18)19/h11,17H,1-10H2,(H,18,19). The van der Waals surface area contributed by atoms with Gasteiger partial charge in [-0.25, -0.2) is 4.79 Å². The molecule has 0 spiro atoms. The summed E-state index contributed by atoms with van der Waals surface area (Å²) < 4.78 is 0. The molecule has 0 radical (unpaired) electrons. The SMILES string of the molecule is O=C(O)CC1CN(C(=O)N2CCCN(CCO)CC2)C1. The first-order chi connectivity index (χ1) is 9.60. The van der Waals surface area contributed by atoms with Crippen LogP contribution in [0, 0.1) is 5.92 Å². The molecule has 2 aliphatic heterocycles. The highest BCUT2D eigenvalue weighted by Gasteiger charge is 2.34. The third kappa shape index (κ3) is 3.83. The number of hydrogen-bond donors (Lipinski definition) is 2. The Labute approximate surface area is 118 Å². The Hall–Kier alpha value is -1.34. The number of amides is 2. The van der Waals surface area contributed by atoms with Crippen LogP contribution < -0.4 is 0 Å². The van der Waals surface area contributed by atoms with Crippen LogP contribution in [-0.4, -0.2) is 89.3 Å². The molecule has 2 N–H and O–H groups in total. The van der Waals surface area contributed by atoms with Crippen LogP contribution in [0.2, 0.25) is 0 Å². The number of aliphatic hydroxyl groups is 1. The molecule has 114 valence electrons. The normalized spacial score (nSPS) is 21.4. The van der Waals surface area contributed by atoms with Gasteiger partial charge in [-0.05, 0) is 13.0 Å². The Bertz CT molecular complexity index is 358. The van der Waals surface area contributed by atoms with Crippen molar-refractivity contribution in [1.29, 1.82) is 0 Å². The van der Waals surface area contributed by atoms with Crippen LogP contribution in [-0.2, 0) is 4.79 Å². The summed E-state index contributed by atoms with van der Waals surface area (Å²) >= 11 is 0. The topological polar surface area (TPSA) is 84.3 Å². The second-order valence-corrected chi connectivity index (χ2v) is 5.56. The van der Waals surface area contributed by atoms with Crippen LogP contribution in [0.1, 0.15) is 12.8 Å². The van der Waals surface area contributed by atoms with Crippen LogP contribution in [0.25, 0.3) is 0 Å². The highest BCUT2D eigenvalue weighted by Crippen LogP contribution is 2.21. The lowest BCUT2D eigenvalue weighted by molar-refractivity contribution is -0.139. The van der Waals surface area contributed by atoms with Crippen LogP contribution in [0.4, 0.5) is 4.79 Å². The van der Waals surface area contributed by atoms with Gasteiger partial charge in [-0.3, -0.25) is 9.69 Å². The van der Waals surface area contributed by atoms with E-state index in [-0.39, 0.29) is 25.0 Å². The molecule has 0 aliphatic carbocycles. The Morgan fingerprint density at radius 3 is 2.45 bits per heavy atom. The number of aliphatic carboxylic acids is 1. The second kappa shape index (κ2) is 6.90. The highest BCUT2D eigenvalue weighted by molar-refractivity contribution is 5.76.